The Morgan fingerprint density at radius 3 is 2.17 bits per heavy atom. The summed E-state index contributed by atoms with van der Waals surface area (Å²) in [4.78, 5) is 26.9. The second-order valence-corrected chi connectivity index (χ2v) is 6.55. The van der Waals surface area contributed by atoms with E-state index in [4.69, 9.17) is 0 Å². The number of hydrazone groups is 1. The van der Waals surface area contributed by atoms with Crippen molar-refractivity contribution in [3.8, 4) is 0 Å². The van der Waals surface area contributed by atoms with Crippen LogP contribution >= 0.6 is 0 Å². The zero-order chi connectivity index (χ0) is 20.6. The van der Waals surface area contributed by atoms with E-state index in [1.54, 1.807) is 54.7 Å². The summed E-state index contributed by atoms with van der Waals surface area (Å²) in [6, 6.07) is 23.4. The van der Waals surface area contributed by atoms with Crippen molar-refractivity contribution < 1.29 is 9.59 Å². The number of anilines is 2. The second kappa shape index (κ2) is 9.32. The summed E-state index contributed by atoms with van der Waals surface area (Å²) in [7, 11) is 3.94. The fourth-order valence-electron chi connectivity index (χ4n) is 2.66. The largest absolute Gasteiger partial charge is 0.378 e. The molecule has 146 valence electrons. The van der Waals surface area contributed by atoms with Crippen molar-refractivity contribution in [2.45, 2.75) is 0 Å². The van der Waals surface area contributed by atoms with Crippen LogP contribution in [0.5, 0.6) is 0 Å². The van der Waals surface area contributed by atoms with Gasteiger partial charge in [0.15, 0.2) is 0 Å². The van der Waals surface area contributed by atoms with Crippen LogP contribution in [0, 0.1) is 0 Å². The van der Waals surface area contributed by atoms with Gasteiger partial charge in [-0.3, -0.25) is 9.59 Å². The molecule has 0 aliphatic heterocycles. The van der Waals surface area contributed by atoms with Gasteiger partial charge < -0.3 is 10.2 Å². The highest BCUT2D eigenvalue weighted by Gasteiger charge is 2.13. The van der Waals surface area contributed by atoms with Gasteiger partial charge in [-0.2, -0.15) is 5.10 Å². The van der Waals surface area contributed by atoms with E-state index < -0.39 is 5.91 Å². The zero-order valence-electron chi connectivity index (χ0n) is 16.3. The number of nitrogens with one attached hydrogen (secondary N) is 2. The van der Waals surface area contributed by atoms with Gasteiger partial charge in [-0.05, 0) is 42.0 Å². The number of nitrogens with zero attached hydrogens (tertiary/aromatic N) is 2. The molecule has 0 radical (unpaired) electrons. The molecule has 0 spiro atoms. The van der Waals surface area contributed by atoms with E-state index in [0.29, 0.717) is 16.8 Å². The zero-order valence-corrected chi connectivity index (χ0v) is 16.3. The molecule has 2 N–H and O–H groups in total. The van der Waals surface area contributed by atoms with Gasteiger partial charge in [0, 0.05) is 25.3 Å². The Hall–Kier alpha value is -3.93. The number of amides is 2. The Kier molecular flexibility index (Phi) is 6.37. The number of carbonyl (C=O) groups excluding carboxylic acids is 2. The van der Waals surface area contributed by atoms with E-state index in [0.717, 1.165) is 11.3 Å². The van der Waals surface area contributed by atoms with Crippen LogP contribution in [0.15, 0.2) is 84.0 Å². The molecule has 6 nitrogen and oxygen atoms in total. The molecule has 29 heavy (non-hydrogen) atoms. The first-order valence-electron chi connectivity index (χ1n) is 9.11. The smallest absolute Gasteiger partial charge is 0.273 e. The van der Waals surface area contributed by atoms with Crippen molar-refractivity contribution in [1.29, 1.82) is 0 Å². The van der Waals surface area contributed by atoms with Crippen LogP contribution in [0.2, 0.25) is 0 Å². The minimum Gasteiger partial charge on any atom is -0.378 e. The molecule has 0 saturated carbocycles. The summed E-state index contributed by atoms with van der Waals surface area (Å²) in [5.41, 5.74) is 5.71. The third-order valence-corrected chi connectivity index (χ3v) is 4.25. The van der Waals surface area contributed by atoms with Crippen molar-refractivity contribution >= 4 is 29.4 Å². The van der Waals surface area contributed by atoms with E-state index in [9.17, 15) is 9.59 Å². The minimum atomic E-state index is -0.407. The summed E-state index contributed by atoms with van der Waals surface area (Å²) in [6.07, 6.45) is 1.57. The molecule has 2 amide bonds. The molecule has 0 heterocycles. The lowest BCUT2D eigenvalue weighted by Gasteiger charge is -2.11. The first kappa shape index (κ1) is 19.8. The SMILES string of the molecule is CN(C)c1ccc(/C=N/NC(=O)c2ccccc2NC(=O)c2ccccc2)cc1. The maximum atomic E-state index is 12.5. The van der Waals surface area contributed by atoms with Gasteiger partial charge in [0.2, 0.25) is 0 Å². The number of hydrogen-bond donors (Lipinski definition) is 2. The molecule has 0 atom stereocenters. The molecule has 6 heteroatoms. The van der Waals surface area contributed by atoms with E-state index in [-0.39, 0.29) is 5.91 Å². The fraction of sp³-hybridized carbons (Fsp3) is 0.0870. The van der Waals surface area contributed by atoms with E-state index >= 15 is 0 Å². The maximum absolute atomic E-state index is 12.5. The van der Waals surface area contributed by atoms with Crippen molar-refractivity contribution in [2.75, 3.05) is 24.3 Å². The predicted molar refractivity (Wildman–Crippen MR) is 117 cm³/mol. The Labute approximate surface area is 169 Å². The normalized spacial score (nSPS) is 10.6. The summed E-state index contributed by atoms with van der Waals surface area (Å²) in [5.74, 6) is -0.689. The van der Waals surface area contributed by atoms with E-state index in [1.165, 1.54) is 0 Å². The molecular formula is C23H22N4O2. The molecular weight excluding hydrogens is 364 g/mol. The Morgan fingerprint density at radius 1 is 0.828 bits per heavy atom. The molecule has 0 unspecified atom stereocenters. The Balaban J connectivity index is 1.67. The van der Waals surface area contributed by atoms with Crippen LogP contribution in [0.3, 0.4) is 0 Å². The van der Waals surface area contributed by atoms with Gasteiger partial charge in [-0.15, -0.1) is 0 Å². The lowest BCUT2D eigenvalue weighted by atomic mass is 10.1. The second-order valence-electron chi connectivity index (χ2n) is 6.55. The number of rotatable bonds is 6. The predicted octanol–water partition coefficient (Wildman–Crippen LogP) is 3.77. The van der Waals surface area contributed by atoms with E-state index in [1.807, 2.05) is 49.3 Å². The van der Waals surface area contributed by atoms with Gasteiger partial charge in [0.25, 0.3) is 11.8 Å². The van der Waals surface area contributed by atoms with Crippen LogP contribution in [0.25, 0.3) is 0 Å². The van der Waals surface area contributed by atoms with Crippen molar-refractivity contribution in [3.05, 3.63) is 95.6 Å². The highest BCUT2D eigenvalue weighted by Crippen LogP contribution is 2.16. The van der Waals surface area contributed by atoms with Crippen LogP contribution in [-0.4, -0.2) is 32.1 Å². The van der Waals surface area contributed by atoms with Crippen molar-refractivity contribution in [3.63, 3.8) is 0 Å². The Morgan fingerprint density at radius 2 is 1.48 bits per heavy atom. The summed E-state index contributed by atoms with van der Waals surface area (Å²) >= 11 is 0. The topological polar surface area (TPSA) is 73.8 Å². The summed E-state index contributed by atoms with van der Waals surface area (Å²) < 4.78 is 0. The molecule has 0 fully saturated rings. The maximum Gasteiger partial charge on any atom is 0.273 e. The van der Waals surface area contributed by atoms with E-state index in [2.05, 4.69) is 15.8 Å². The van der Waals surface area contributed by atoms with Crippen LogP contribution in [0.1, 0.15) is 26.3 Å². The molecule has 3 aromatic carbocycles. The third-order valence-electron chi connectivity index (χ3n) is 4.25. The van der Waals surface area contributed by atoms with Crippen molar-refractivity contribution in [1.82, 2.24) is 5.43 Å². The van der Waals surface area contributed by atoms with Crippen LogP contribution in [-0.2, 0) is 0 Å². The third kappa shape index (κ3) is 5.29. The van der Waals surface area contributed by atoms with Gasteiger partial charge in [0.1, 0.15) is 0 Å². The first-order chi connectivity index (χ1) is 14.0. The molecule has 0 saturated heterocycles. The fourth-order valence-corrected chi connectivity index (χ4v) is 2.66. The first-order valence-corrected chi connectivity index (χ1v) is 9.11. The van der Waals surface area contributed by atoms with Crippen LogP contribution in [0.4, 0.5) is 11.4 Å². The standard InChI is InChI=1S/C23H22N4O2/c1-27(2)19-14-12-17(13-15-19)16-24-26-23(29)20-10-6-7-11-21(20)25-22(28)18-8-4-3-5-9-18/h3-16H,1-2H3,(H,25,28)(H,26,29)/b24-16+. The summed E-state index contributed by atoms with van der Waals surface area (Å²) in [6.45, 7) is 0. The lowest BCUT2D eigenvalue weighted by molar-refractivity contribution is 0.0956. The van der Waals surface area contributed by atoms with Crippen molar-refractivity contribution in [2.24, 2.45) is 5.10 Å². The highest BCUT2D eigenvalue weighted by atomic mass is 16.2. The van der Waals surface area contributed by atoms with Gasteiger partial charge in [-0.1, -0.05) is 42.5 Å². The molecule has 3 aromatic rings. The highest BCUT2D eigenvalue weighted by molar-refractivity contribution is 6.09. The monoisotopic (exact) mass is 386 g/mol. The molecule has 0 bridgehead atoms. The molecule has 3 rings (SSSR count). The molecule has 0 aliphatic rings. The number of hydrogen-bond acceptors (Lipinski definition) is 4. The number of carbonyl (C=O) groups is 2. The minimum absolute atomic E-state index is 0.282. The Bertz CT molecular complexity index is 1010. The number of para-hydroxylation sites is 1. The quantitative estimate of drug-likeness (QED) is 0.500. The summed E-state index contributed by atoms with van der Waals surface area (Å²) in [5, 5.41) is 6.80. The lowest BCUT2D eigenvalue weighted by Crippen LogP contribution is -2.21. The average molecular weight is 386 g/mol. The van der Waals surface area contributed by atoms with Crippen LogP contribution < -0.4 is 15.6 Å². The van der Waals surface area contributed by atoms with Gasteiger partial charge in [-0.25, -0.2) is 5.43 Å². The van der Waals surface area contributed by atoms with Gasteiger partial charge in [0.05, 0.1) is 17.5 Å². The van der Waals surface area contributed by atoms with Gasteiger partial charge >= 0.3 is 0 Å². The molecule has 0 aliphatic carbocycles. The average Bonchev–Trinajstić information content (AvgIpc) is 2.75. The number of benzene rings is 3. The molecule has 0 aromatic heterocycles.